The van der Waals surface area contributed by atoms with Gasteiger partial charge in [-0.05, 0) is 38.1 Å². The van der Waals surface area contributed by atoms with Gasteiger partial charge in [0.15, 0.2) is 0 Å². The van der Waals surface area contributed by atoms with Crippen LogP contribution < -0.4 is 9.46 Å². The summed E-state index contributed by atoms with van der Waals surface area (Å²) in [7, 11) is -3.85. The van der Waals surface area contributed by atoms with E-state index in [-0.39, 0.29) is 22.2 Å². The predicted molar refractivity (Wildman–Crippen MR) is 80.3 cm³/mol. The highest BCUT2D eigenvalue weighted by Crippen LogP contribution is 2.28. The molecule has 0 fully saturated rings. The van der Waals surface area contributed by atoms with E-state index in [0.717, 1.165) is 18.2 Å². The molecule has 0 aliphatic rings. The first-order chi connectivity index (χ1) is 10.7. The van der Waals surface area contributed by atoms with E-state index in [1.807, 2.05) is 0 Å². The Balaban J connectivity index is 2.16. The molecule has 0 unspecified atom stereocenters. The molecule has 1 heterocycles. The first kappa shape index (κ1) is 17.7. The van der Waals surface area contributed by atoms with E-state index in [4.69, 9.17) is 16.0 Å². The minimum Gasteiger partial charge on any atom is -0.466 e. The van der Waals surface area contributed by atoms with Crippen LogP contribution in [0.4, 0.5) is 8.78 Å². The van der Waals surface area contributed by atoms with Crippen LogP contribution in [0, 0.1) is 13.8 Å². The van der Waals surface area contributed by atoms with Crippen molar-refractivity contribution in [1.29, 1.82) is 0 Å². The van der Waals surface area contributed by atoms with Crippen LogP contribution in [0.1, 0.15) is 17.1 Å². The number of halogens is 3. The standard InChI is InChI=1S/C14H14ClF2NO4S/c1-8-5-10(9(2)21-8)7-18-23(19,20)11-3-4-13(12(15)6-11)22-14(16)17/h3-6,14,18H,7H2,1-2H3. The number of furan rings is 1. The van der Waals surface area contributed by atoms with Crippen LogP contribution in [0.2, 0.25) is 5.02 Å². The fourth-order valence-corrected chi connectivity index (χ4v) is 3.28. The number of rotatable bonds is 6. The third-order valence-electron chi connectivity index (χ3n) is 3.03. The van der Waals surface area contributed by atoms with Gasteiger partial charge in [-0.15, -0.1) is 0 Å². The Hall–Kier alpha value is -1.64. The largest absolute Gasteiger partial charge is 0.466 e. The summed E-state index contributed by atoms with van der Waals surface area (Å²) in [6.45, 7) is 0.481. The number of sulfonamides is 1. The average Bonchev–Trinajstić information content (AvgIpc) is 2.76. The lowest BCUT2D eigenvalue weighted by molar-refractivity contribution is -0.0498. The first-order valence-electron chi connectivity index (χ1n) is 6.49. The highest BCUT2D eigenvalue weighted by molar-refractivity contribution is 7.89. The van der Waals surface area contributed by atoms with Crippen LogP contribution >= 0.6 is 11.6 Å². The summed E-state index contributed by atoms with van der Waals surface area (Å²) >= 11 is 5.76. The van der Waals surface area contributed by atoms with Crippen molar-refractivity contribution in [3.8, 4) is 5.75 Å². The number of nitrogens with one attached hydrogen (secondary N) is 1. The van der Waals surface area contributed by atoms with E-state index in [1.165, 1.54) is 0 Å². The van der Waals surface area contributed by atoms with Crippen molar-refractivity contribution in [2.24, 2.45) is 0 Å². The maximum absolute atomic E-state index is 12.2. The van der Waals surface area contributed by atoms with Crippen LogP contribution in [0.25, 0.3) is 0 Å². The molecule has 0 aliphatic carbocycles. The summed E-state index contributed by atoms with van der Waals surface area (Å²) in [5, 5.41) is -0.219. The van der Waals surface area contributed by atoms with E-state index >= 15 is 0 Å². The Morgan fingerprint density at radius 2 is 2.00 bits per heavy atom. The number of hydrogen-bond donors (Lipinski definition) is 1. The molecule has 0 saturated carbocycles. The quantitative estimate of drug-likeness (QED) is 0.848. The van der Waals surface area contributed by atoms with Gasteiger partial charge in [0.25, 0.3) is 0 Å². The Bertz CT molecular complexity index is 805. The van der Waals surface area contributed by atoms with Crippen LogP contribution in [-0.4, -0.2) is 15.0 Å². The molecule has 23 heavy (non-hydrogen) atoms. The highest BCUT2D eigenvalue weighted by atomic mass is 35.5. The van der Waals surface area contributed by atoms with Crippen LogP contribution in [-0.2, 0) is 16.6 Å². The number of benzene rings is 1. The maximum atomic E-state index is 12.2. The lowest BCUT2D eigenvalue weighted by Gasteiger charge is -2.10. The topological polar surface area (TPSA) is 68.5 Å². The van der Waals surface area contributed by atoms with Crippen molar-refractivity contribution >= 4 is 21.6 Å². The van der Waals surface area contributed by atoms with Gasteiger partial charge in [0.2, 0.25) is 10.0 Å². The van der Waals surface area contributed by atoms with Crippen molar-refractivity contribution in [2.75, 3.05) is 0 Å². The minimum absolute atomic E-state index is 0.0401. The van der Waals surface area contributed by atoms with E-state index in [0.29, 0.717) is 17.1 Å². The normalized spacial score (nSPS) is 11.9. The number of aryl methyl sites for hydroxylation is 2. The Kier molecular flexibility index (Phi) is 5.28. The molecule has 5 nitrogen and oxygen atoms in total. The second-order valence-corrected chi connectivity index (χ2v) is 6.91. The van der Waals surface area contributed by atoms with Crippen molar-refractivity contribution in [2.45, 2.75) is 31.9 Å². The molecule has 0 amide bonds. The van der Waals surface area contributed by atoms with Crippen LogP contribution in [0.5, 0.6) is 5.75 Å². The second-order valence-electron chi connectivity index (χ2n) is 4.73. The van der Waals surface area contributed by atoms with E-state index < -0.39 is 16.6 Å². The number of hydrogen-bond acceptors (Lipinski definition) is 4. The summed E-state index contributed by atoms with van der Waals surface area (Å²) in [6, 6.07) is 5.00. The third-order valence-corrected chi connectivity index (χ3v) is 4.72. The molecule has 0 aliphatic heterocycles. The van der Waals surface area contributed by atoms with E-state index in [1.54, 1.807) is 19.9 Å². The fourth-order valence-electron chi connectivity index (χ4n) is 1.96. The molecule has 0 radical (unpaired) electrons. The van der Waals surface area contributed by atoms with Gasteiger partial charge in [-0.2, -0.15) is 8.78 Å². The lowest BCUT2D eigenvalue weighted by Crippen LogP contribution is -2.23. The van der Waals surface area contributed by atoms with Crippen LogP contribution in [0.15, 0.2) is 33.6 Å². The molecule has 0 bridgehead atoms. The third kappa shape index (κ3) is 4.43. The molecule has 126 valence electrons. The zero-order chi connectivity index (χ0) is 17.2. The Morgan fingerprint density at radius 1 is 1.30 bits per heavy atom. The molecule has 0 saturated heterocycles. The average molecular weight is 366 g/mol. The van der Waals surface area contributed by atoms with Gasteiger partial charge in [0, 0.05) is 12.1 Å². The number of ether oxygens (including phenoxy) is 1. The van der Waals surface area contributed by atoms with Gasteiger partial charge in [-0.25, -0.2) is 13.1 Å². The van der Waals surface area contributed by atoms with Crippen molar-refractivity contribution in [3.63, 3.8) is 0 Å². The van der Waals surface area contributed by atoms with E-state index in [2.05, 4.69) is 9.46 Å². The summed E-state index contributed by atoms with van der Waals surface area (Å²) in [5.74, 6) is 0.999. The zero-order valence-corrected chi connectivity index (χ0v) is 13.8. The minimum atomic E-state index is -3.85. The fraction of sp³-hybridized carbons (Fsp3) is 0.286. The van der Waals surface area contributed by atoms with Gasteiger partial charge in [-0.3, -0.25) is 0 Å². The molecule has 0 spiro atoms. The predicted octanol–water partition coefficient (Wildman–Crippen LogP) is 3.63. The number of alkyl halides is 2. The summed E-state index contributed by atoms with van der Waals surface area (Å²) in [4.78, 5) is -0.151. The van der Waals surface area contributed by atoms with E-state index in [9.17, 15) is 17.2 Å². The Labute approximate surface area is 137 Å². The molecule has 1 aromatic carbocycles. The molecule has 9 heteroatoms. The first-order valence-corrected chi connectivity index (χ1v) is 8.35. The zero-order valence-electron chi connectivity index (χ0n) is 12.3. The van der Waals surface area contributed by atoms with Gasteiger partial charge in [0.1, 0.15) is 17.3 Å². The SMILES string of the molecule is Cc1cc(CNS(=O)(=O)c2ccc(OC(F)F)c(Cl)c2)c(C)o1. The van der Waals surface area contributed by atoms with Gasteiger partial charge in [0.05, 0.1) is 9.92 Å². The van der Waals surface area contributed by atoms with Crippen molar-refractivity contribution in [3.05, 3.63) is 46.4 Å². The molecule has 0 atom stereocenters. The smallest absolute Gasteiger partial charge is 0.387 e. The van der Waals surface area contributed by atoms with Gasteiger partial charge in [-0.1, -0.05) is 11.6 Å². The summed E-state index contributed by atoms with van der Waals surface area (Å²) in [5.41, 5.74) is 0.704. The molecule has 1 N–H and O–H groups in total. The molecule has 2 aromatic rings. The second kappa shape index (κ2) is 6.86. The summed E-state index contributed by atoms with van der Waals surface area (Å²) in [6.07, 6.45) is 0. The Morgan fingerprint density at radius 3 is 2.52 bits per heavy atom. The van der Waals surface area contributed by atoms with Gasteiger partial charge < -0.3 is 9.15 Å². The molecule has 2 rings (SSSR count). The van der Waals surface area contributed by atoms with Crippen molar-refractivity contribution in [1.82, 2.24) is 4.72 Å². The van der Waals surface area contributed by atoms with Gasteiger partial charge >= 0.3 is 6.61 Å². The lowest BCUT2D eigenvalue weighted by atomic mass is 10.2. The summed E-state index contributed by atoms with van der Waals surface area (Å²) < 4.78 is 60.6. The monoisotopic (exact) mass is 365 g/mol. The molecular formula is C14H14ClF2NO4S. The maximum Gasteiger partial charge on any atom is 0.387 e. The molecule has 1 aromatic heterocycles. The van der Waals surface area contributed by atoms with Crippen molar-refractivity contribution < 1.29 is 26.4 Å². The highest BCUT2D eigenvalue weighted by Gasteiger charge is 2.18. The molecular weight excluding hydrogens is 352 g/mol. The van der Waals surface area contributed by atoms with Crippen LogP contribution in [0.3, 0.4) is 0 Å².